The van der Waals surface area contributed by atoms with E-state index in [4.69, 9.17) is 17.3 Å². The number of primary amides is 1. The van der Waals surface area contributed by atoms with Gasteiger partial charge < -0.3 is 20.9 Å². The van der Waals surface area contributed by atoms with Gasteiger partial charge in [-0.05, 0) is 11.6 Å². The SMILES string of the molecule is Cn1cnc2c(NCc3ccccc3Cl)nc(NCC(N)=O)nc21. The molecule has 0 unspecified atom stereocenters. The Hall–Kier alpha value is -2.87. The minimum Gasteiger partial charge on any atom is -0.368 e. The highest BCUT2D eigenvalue weighted by molar-refractivity contribution is 6.31. The molecule has 2 aromatic heterocycles. The van der Waals surface area contributed by atoms with Crippen molar-refractivity contribution >= 4 is 40.4 Å². The summed E-state index contributed by atoms with van der Waals surface area (Å²) in [7, 11) is 1.83. The summed E-state index contributed by atoms with van der Waals surface area (Å²) >= 11 is 6.17. The molecule has 24 heavy (non-hydrogen) atoms. The topological polar surface area (TPSA) is 111 Å². The highest BCUT2D eigenvalue weighted by Crippen LogP contribution is 2.22. The molecule has 0 saturated heterocycles. The Kier molecular flexibility index (Phi) is 4.48. The molecule has 2 heterocycles. The van der Waals surface area contributed by atoms with Gasteiger partial charge in [0, 0.05) is 18.6 Å². The monoisotopic (exact) mass is 345 g/mol. The number of fused-ring (bicyclic) bond motifs is 1. The van der Waals surface area contributed by atoms with Crippen molar-refractivity contribution in [3.05, 3.63) is 41.2 Å². The van der Waals surface area contributed by atoms with Crippen LogP contribution in [0, 0.1) is 0 Å². The first-order chi connectivity index (χ1) is 11.5. The third-order valence-corrected chi connectivity index (χ3v) is 3.75. The Bertz CT molecular complexity index is 893. The number of nitrogens with two attached hydrogens (primary N) is 1. The van der Waals surface area contributed by atoms with Crippen LogP contribution in [0.5, 0.6) is 0 Å². The molecule has 124 valence electrons. The maximum Gasteiger partial charge on any atom is 0.236 e. The van der Waals surface area contributed by atoms with Crippen LogP contribution in [-0.2, 0) is 18.4 Å². The minimum absolute atomic E-state index is 0.0483. The van der Waals surface area contributed by atoms with E-state index < -0.39 is 5.91 Å². The van der Waals surface area contributed by atoms with Crippen LogP contribution in [0.15, 0.2) is 30.6 Å². The van der Waals surface area contributed by atoms with Crippen LogP contribution in [0.25, 0.3) is 11.2 Å². The molecule has 0 spiro atoms. The summed E-state index contributed by atoms with van der Waals surface area (Å²) in [6, 6.07) is 7.55. The lowest BCUT2D eigenvalue weighted by atomic mass is 10.2. The molecule has 9 heteroatoms. The highest BCUT2D eigenvalue weighted by Gasteiger charge is 2.12. The molecule has 0 bridgehead atoms. The lowest BCUT2D eigenvalue weighted by molar-refractivity contribution is -0.116. The zero-order valence-electron chi connectivity index (χ0n) is 13.0. The standard InChI is InChI=1S/C15H16ClN7O/c1-23-8-20-12-13(18-6-9-4-2-3-5-10(9)16)21-15(22-14(12)23)19-7-11(17)24/h2-5,8H,6-7H2,1H3,(H2,17,24)(H2,18,19,21,22). The molecular formula is C15H16ClN7O. The lowest BCUT2D eigenvalue weighted by Crippen LogP contribution is -2.23. The molecule has 4 N–H and O–H groups in total. The van der Waals surface area contributed by atoms with Crippen LogP contribution in [0.4, 0.5) is 11.8 Å². The maximum atomic E-state index is 10.9. The van der Waals surface area contributed by atoms with Crippen LogP contribution in [0.2, 0.25) is 5.02 Å². The molecule has 1 amide bonds. The first-order valence-corrected chi connectivity index (χ1v) is 7.61. The molecule has 8 nitrogen and oxygen atoms in total. The summed E-state index contributed by atoms with van der Waals surface area (Å²) in [6.07, 6.45) is 1.65. The van der Waals surface area contributed by atoms with Crippen LogP contribution < -0.4 is 16.4 Å². The Balaban J connectivity index is 1.90. The van der Waals surface area contributed by atoms with Crippen LogP contribution >= 0.6 is 11.6 Å². The minimum atomic E-state index is -0.491. The van der Waals surface area contributed by atoms with E-state index in [1.807, 2.05) is 31.3 Å². The van der Waals surface area contributed by atoms with Gasteiger partial charge >= 0.3 is 0 Å². The largest absolute Gasteiger partial charge is 0.368 e. The third-order valence-electron chi connectivity index (χ3n) is 3.38. The summed E-state index contributed by atoms with van der Waals surface area (Å²) in [5.41, 5.74) is 7.36. The second kappa shape index (κ2) is 6.71. The summed E-state index contributed by atoms with van der Waals surface area (Å²) in [5, 5.41) is 6.69. The zero-order chi connectivity index (χ0) is 17.1. The fourth-order valence-electron chi connectivity index (χ4n) is 2.20. The van der Waals surface area contributed by atoms with E-state index in [2.05, 4.69) is 25.6 Å². The molecule has 1 aromatic carbocycles. The number of imidazole rings is 1. The van der Waals surface area contributed by atoms with Gasteiger partial charge in [-0.15, -0.1) is 0 Å². The lowest BCUT2D eigenvalue weighted by Gasteiger charge is -2.10. The van der Waals surface area contributed by atoms with Crippen LogP contribution in [0.3, 0.4) is 0 Å². The number of rotatable bonds is 6. The number of aryl methyl sites for hydroxylation is 1. The van der Waals surface area contributed by atoms with Crippen molar-refractivity contribution in [2.75, 3.05) is 17.2 Å². The van der Waals surface area contributed by atoms with E-state index in [9.17, 15) is 4.79 Å². The van der Waals surface area contributed by atoms with Gasteiger partial charge in [0.05, 0.1) is 12.9 Å². The van der Waals surface area contributed by atoms with Gasteiger partial charge in [-0.3, -0.25) is 4.79 Å². The van der Waals surface area contributed by atoms with Crippen molar-refractivity contribution < 1.29 is 4.79 Å². The van der Waals surface area contributed by atoms with E-state index in [1.54, 1.807) is 10.9 Å². The molecule has 0 atom stereocenters. The van der Waals surface area contributed by atoms with Crippen LogP contribution in [-0.4, -0.2) is 32.0 Å². The second-order valence-electron chi connectivity index (χ2n) is 5.19. The molecule has 0 aliphatic rings. The van der Waals surface area contributed by atoms with E-state index >= 15 is 0 Å². The van der Waals surface area contributed by atoms with E-state index in [0.29, 0.717) is 34.5 Å². The van der Waals surface area contributed by atoms with Gasteiger partial charge in [0.1, 0.15) is 0 Å². The molecule has 3 aromatic rings. The number of aromatic nitrogens is 4. The van der Waals surface area contributed by atoms with Crippen molar-refractivity contribution in [1.29, 1.82) is 0 Å². The number of anilines is 2. The molecule has 0 radical (unpaired) electrons. The fourth-order valence-corrected chi connectivity index (χ4v) is 2.40. The Morgan fingerprint density at radius 2 is 2.08 bits per heavy atom. The molecule has 0 fully saturated rings. The van der Waals surface area contributed by atoms with Gasteiger partial charge in [-0.1, -0.05) is 29.8 Å². The highest BCUT2D eigenvalue weighted by atomic mass is 35.5. The van der Waals surface area contributed by atoms with Gasteiger partial charge in [0.2, 0.25) is 11.9 Å². The Morgan fingerprint density at radius 3 is 2.83 bits per heavy atom. The van der Waals surface area contributed by atoms with Gasteiger partial charge in [0.15, 0.2) is 17.0 Å². The number of amides is 1. The predicted octanol–water partition coefficient (Wildman–Crippen LogP) is 1.53. The maximum absolute atomic E-state index is 10.9. The van der Waals surface area contributed by atoms with E-state index in [0.717, 1.165) is 5.56 Å². The normalized spacial score (nSPS) is 10.8. The van der Waals surface area contributed by atoms with Crippen molar-refractivity contribution in [3.63, 3.8) is 0 Å². The number of nitrogens with one attached hydrogen (secondary N) is 2. The molecule has 3 rings (SSSR count). The summed E-state index contributed by atoms with van der Waals surface area (Å²) in [4.78, 5) is 24.0. The fraction of sp³-hybridized carbons (Fsp3) is 0.200. The molecule has 0 saturated carbocycles. The number of hydrogen-bond donors (Lipinski definition) is 3. The second-order valence-corrected chi connectivity index (χ2v) is 5.60. The number of carbonyl (C=O) groups is 1. The van der Waals surface area contributed by atoms with Crippen molar-refractivity contribution in [2.45, 2.75) is 6.54 Å². The van der Waals surface area contributed by atoms with Crippen molar-refractivity contribution in [1.82, 2.24) is 19.5 Å². The zero-order valence-corrected chi connectivity index (χ0v) is 13.7. The first kappa shape index (κ1) is 16.0. The number of nitrogens with zero attached hydrogens (tertiary/aromatic N) is 4. The number of carbonyl (C=O) groups excluding carboxylic acids is 1. The van der Waals surface area contributed by atoms with E-state index in [-0.39, 0.29) is 6.54 Å². The van der Waals surface area contributed by atoms with Gasteiger partial charge in [-0.2, -0.15) is 9.97 Å². The average molecular weight is 346 g/mol. The third kappa shape index (κ3) is 3.38. The Morgan fingerprint density at radius 1 is 1.29 bits per heavy atom. The average Bonchev–Trinajstić information content (AvgIpc) is 2.93. The van der Waals surface area contributed by atoms with Crippen molar-refractivity contribution in [3.8, 4) is 0 Å². The predicted molar refractivity (Wildman–Crippen MR) is 92.8 cm³/mol. The molecule has 0 aliphatic carbocycles. The summed E-state index contributed by atoms with van der Waals surface area (Å²) in [6.45, 7) is 0.435. The molecule has 0 aliphatic heterocycles. The summed E-state index contributed by atoms with van der Waals surface area (Å²) < 4.78 is 1.77. The quantitative estimate of drug-likeness (QED) is 0.624. The number of hydrogen-bond acceptors (Lipinski definition) is 6. The van der Waals surface area contributed by atoms with E-state index in [1.165, 1.54) is 0 Å². The number of halogens is 1. The molecular weight excluding hydrogens is 330 g/mol. The van der Waals surface area contributed by atoms with Crippen molar-refractivity contribution in [2.24, 2.45) is 12.8 Å². The van der Waals surface area contributed by atoms with Gasteiger partial charge in [-0.25, -0.2) is 4.98 Å². The number of benzene rings is 1. The van der Waals surface area contributed by atoms with Crippen LogP contribution in [0.1, 0.15) is 5.56 Å². The smallest absolute Gasteiger partial charge is 0.236 e. The Labute approximate surface area is 143 Å². The van der Waals surface area contributed by atoms with Gasteiger partial charge in [0.25, 0.3) is 0 Å². The summed E-state index contributed by atoms with van der Waals surface area (Å²) in [5.74, 6) is 0.355. The first-order valence-electron chi connectivity index (χ1n) is 7.23.